The van der Waals surface area contributed by atoms with Gasteiger partial charge in [0.2, 0.25) is 0 Å². The Hall–Kier alpha value is 0.649. The summed E-state index contributed by atoms with van der Waals surface area (Å²) in [6.07, 6.45) is -0.461. The fourth-order valence-electron chi connectivity index (χ4n) is 4.94. The first kappa shape index (κ1) is 44.7. The van der Waals surface area contributed by atoms with Crippen LogP contribution in [0.4, 0.5) is 0 Å². The van der Waals surface area contributed by atoms with Crippen LogP contribution in [0.1, 0.15) is 13.8 Å². The standard InChI is InChI=1S/C12H24O4Si4.C8H20O4Si2.C4H16O4Si4/c1-9-17(5)13-18(6,10-2)15-20(8,12-4)16-19(7,11-3)14-17;1-7-9-13(3,4)11-8(2)12-14(5,6)10-7;1-9-5-10(2)7-12(4)8-11(3)6-9/h9-12H,1-4H2,5-8H3;7-8H,1-6H3;9-12H,1-4H3. The lowest BCUT2D eigenvalue weighted by atomic mass is 10.8. The molecule has 46 heavy (non-hydrogen) atoms. The van der Waals surface area contributed by atoms with Crippen LogP contribution in [0.3, 0.4) is 0 Å². The van der Waals surface area contributed by atoms with Gasteiger partial charge >= 0.3 is 51.4 Å². The molecule has 0 N–H and O–H groups in total. The zero-order chi connectivity index (χ0) is 35.8. The van der Waals surface area contributed by atoms with E-state index in [1.54, 1.807) is 22.8 Å². The first-order chi connectivity index (χ1) is 20.8. The summed E-state index contributed by atoms with van der Waals surface area (Å²) >= 11 is 0. The molecule has 3 aliphatic rings. The van der Waals surface area contributed by atoms with E-state index in [9.17, 15) is 0 Å². The summed E-state index contributed by atoms with van der Waals surface area (Å²) < 4.78 is 70.6. The highest BCUT2D eigenvalue weighted by atomic mass is 28.5. The van der Waals surface area contributed by atoms with Gasteiger partial charge in [0.1, 0.15) is 12.6 Å². The maximum Gasteiger partial charge on any atom is 0.344 e. The van der Waals surface area contributed by atoms with Crippen molar-refractivity contribution in [2.45, 2.75) is 105 Å². The van der Waals surface area contributed by atoms with Crippen molar-refractivity contribution >= 4 is 88.5 Å². The van der Waals surface area contributed by atoms with Crippen LogP contribution in [0.5, 0.6) is 0 Å². The van der Waals surface area contributed by atoms with Crippen molar-refractivity contribution in [3.8, 4) is 0 Å². The minimum absolute atomic E-state index is 0.231. The smallest absolute Gasteiger partial charge is 0.344 e. The van der Waals surface area contributed by atoms with Crippen molar-refractivity contribution in [2.75, 3.05) is 0 Å². The first-order valence-electron chi connectivity index (χ1n) is 15.5. The van der Waals surface area contributed by atoms with Gasteiger partial charge in [-0.2, -0.15) is 0 Å². The van der Waals surface area contributed by atoms with Crippen LogP contribution >= 0.6 is 0 Å². The Morgan fingerprint density at radius 2 is 0.587 bits per heavy atom. The normalized spacial score (nSPS) is 43.0. The molecule has 22 heteroatoms. The molecule has 268 valence electrons. The van der Waals surface area contributed by atoms with E-state index in [0.717, 1.165) is 0 Å². The molecule has 0 aliphatic carbocycles. The lowest BCUT2D eigenvalue weighted by Gasteiger charge is -2.46. The highest BCUT2D eigenvalue weighted by molar-refractivity contribution is 6.98. The Morgan fingerprint density at radius 3 is 0.739 bits per heavy atom. The van der Waals surface area contributed by atoms with Crippen molar-refractivity contribution in [3.63, 3.8) is 0 Å². The summed E-state index contributed by atoms with van der Waals surface area (Å²) in [5.41, 5.74) is 7.01. The SMILES string of the molecule is C=C[Si]1(C)O[Si](C)(C=C)O[Si](C)(C=C)O[Si](C)(C=C)O1.CC1O[Si](C)(C)OC(C)O[Si](C)(C)O1.C[SiH]1O[SiH](C)O[SiH](C)O[SiH](C)O1. The van der Waals surface area contributed by atoms with E-state index in [1.165, 1.54) is 0 Å². The monoisotopic (exact) mass is 820 g/mol. The third-order valence-corrected chi connectivity index (χ3v) is 38.2. The fraction of sp³-hybridized carbons (Fsp3) is 0.667. The second kappa shape index (κ2) is 18.2. The van der Waals surface area contributed by atoms with Gasteiger partial charge in [-0.05, 0) is 92.4 Å². The van der Waals surface area contributed by atoms with E-state index in [1.807, 2.05) is 92.4 Å². The predicted octanol–water partition coefficient (Wildman–Crippen LogP) is 4.88. The molecule has 3 aliphatic heterocycles. The van der Waals surface area contributed by atoms with Crippen molar-refractivity contribution < 1.29 is 50.6 Å². The van der Waals surface area contributed by atoms with Gasteiger partial charge in [-0.25, -0.2) is 0 Å². The first-order valence-corrected chi connectivity index (χ1v) is 39.1. The van der Waals surface area contributed by atoms with E-state index in [4.69, 9.17) is 50.6 Å². The van der Waals surface area contributed by atoms with Gasteiger partial charge < -0.3 is 50.6 Å². The molecule has 0 radical (unpaired) electrons. The quantitative estimate of drug-likeness (QED) is 0.361. The Morgan fingerprint density at radius 1 is 0.413 bits per heavy atom. The average molecular weight is 822 g/mol. The van der Waals surface area contributed by atoms with Gasteiger partial charge in [0.05, 0.1) is 0 Å². The van der Waals surface area contributed by atoms with Crippen molar-refractivity contribution in [2.24, 2.45) is 0 Å². The predicted molar refractivity (Wildman–Crippen MR) is 206 cm³/mol. The van der Waals surface area contributed by atoms with Gasteiger partial charge in [-0.1, -0.05) is 22.8 Å². The topological polar surface area (TPSA) is 111 Å². The summed E-state index contributed by atoms with van der Waals surface area (Å²) in [6.45, 7) is 43.1. The molecule has 0 atom stereocenters. The molecule has 0 amide bonds. The van der Waals surface area contributed by atoms with Crippen LogP contribution in [0.25, 0.3) is 0 Å². The van der Waals surface area contributed by atoms with Crippen LogP contribution in [0, 0.1) is 0 Å². The minimum atomic E-state index is -2.60. The molecular formula is C24H60O12Si10. The maximum atomic E-state index is 6.25. The summed E-state index contributed by atoms with van der Waals surface area (Å²) in [6, 6.07) is 0. The lowest BCUT2D eigenvalue weighted by Crippen LogP contribution is -2.65. The molecule has 0 saturated carbocycles. The number of hydrogen-bond acceptors (Lipinski definition) is 12. The molecule has 3 rings (SSSR count). The van der Waals surface area contributed by atoms with Crippen LogP contribution < -0.4 is 0 Å². The largest absolute Gasteiger partial charge is 0.420 e. The summed E-state index contributed by atoms with van der Waals surface area (Å²) in [5.74, 6) is 0. The molecule has 12 nitrogen and oxygen atoms in total. The number of rotatable bonds is 4. The highest BCUT2D eigenvalue weighted by Gasteiger charge is 2.54. The second-order valence-corrected chi connectivity index (χ2v) is 41.0. The summed E-state index contributed by atoms with van der Waals surface area (Å²) in [4.78, 5) is 0. The van der Waals surface area contributed by atoms with E-state index in [0.29, 0.717) is 0 Å². The molecule has 3 saturated heterocycles. The fourth-order valence-corrected chi connectivity index (χ4v) is 38.3. The van der Waals surface area contributed by atoms with Crippen LogP contribution in [-0.4, -0.2) is 101 Å². The molecule has 3 fully saturated rings. The Balaban J connectivity index is 0.000000359. The molecule has 0 aromatic carbocycles. The van der Waals surface area contributed by atoms with E-state index < -0.39 is 88.5 Å². The third kappa shape index (κ3) is 16.1. The Labute approximate surface area is 291 Å². The molecule has 0 bridgehead atoms. The molecule has 0 aromatic rings. The molecule has 3 heterocycles. The van der Waals surface area contributed by atoms with Gasteiger partial charge in [0.25, 0.3) is 37.1 Å². The van der Waals surface area contributed by atoms with E-state index >= 15 is 0 Å². The second-order valence-electron chi connectivity index (χ2n) is 12.5. The van der Waals surface area contributed by atoms with E-state index in [-0.39, 0.29) is 12.6 Å². The number of hydrogen-bond donors (Lipinski definition) is 0. The van der Waals surface area contributed by atoms with Crippen LogP contribution in [-0.2, 0) is 50.6 Å². The van der Waals surface area contributed by atoms with Crippen molar-refractivity contribution in [1.29, 1.82) is 0 Å². The Kier molecular flexibility index (Phi) is 17.7. The van der Waals surface area contributed by atoms with Crippen molar-refractivity contribution in [1.82, 2.24) is 0 Å². The molecule has 0 unspecified atom stereocenters. The van der Waals surface area contributed by atoms with Gasteiger partial charge in [-0.3, -0.25) is 0 Å². The summed E-state index contributed by atoms with van der Waals surface area (Å²) in [7, 11) is -20.2. The average Bonchev–Trinajstić information content (AvgIpc) is 2.85. The molecule has 0 spiro atoms. The molecule has 0 aromatic heterocycles. The minimum Gasteiger partial charge on any atom is -0.420 e. The van der Waals surface area contributed by atoms with Gasteiger partial charge in [0, 0.05) is 0 Å². The Bertz CT molecular complexity index is 858. The van der Waals surface area contributed by atoms with E-state index in [2.05, 4.69) is 26.3 Å². The van der Waals surface area contributed by atoms with Gasteiger partial charge in [0.15, 0.2) is 0 Å². The highest BCUT2D eigenvalue weighted by Crippen LogP contribution is 2.32. The van der Waals surface area contributed by atoms with Crippen LogP contribution in [0.2, 0.25) is 78.6 Å². The van der Waals surface area contributed by atoms with Crippen molar-refractivity contribution in [3.05, 3.63) is 49.1 Å². The lowest BCUT2D eigenvalue weighted by molar-refractivity contribution is -0.113. The third-order valence-electron chi connectivity index (χ3n) is 6.44. The summed E-state index contributed by atoms with van der Waals surface area (Å²) in [5, 5.41) is 0. The maximum absolute atomic E-state index is 6.25. The van der Waals surface area contributed by atoms with Crippen LogP contribution in [0.15, 0.2) is 49.1 Å². The molecular weight excluding hydrogens is 761 g/mol. The van der Waals surface area contributed by atoms with Gasteiger partial charge in [-0.15, -0.1) is 26.3 Å². The zero-order valence-corrected chi connectivity index (χ0v) is 41.1. The zero-order valence-electron chi connectivity index (χ0n) is 30.5.